The van der Waals surface area contributed by atoms with Crippen LogP contribution < -0.4 is 0 Å². The van der Waals surface area contributed by atoms with E-state index in [-0.39, 0.29) is 21.1 Å². The third-order valence-electron chi connectivity index (χ3n) is 0. The van der Waals surface area contributed by atoms with E-state index in [1.807, 2.05) is 0 Å². The van der Waals surface area contributed by atoms with Crippen molar-refractivity contribution in [3.8, 4) is 0 Å². The van der Waals surface area contributed by atoms with Crippen LogP contribution in [0.5, 0.6) is 0 Å². The van der Waals surface area contributed by atoms with Crippen LogP contribution in [0.15, 0.2) is 13.2 Å². The maximum absolute atomic E-state index is 3.00. The van der Waals surface area contributed by atoms with Gasteiger partial charge in [-0.3, -0.25) is 0 Å². The summed E-state index contributed by atoms with van der Waals surface area (Å²) in [5.74, 6) is 0. The molecule has 0 atom stereocenters. The molecule has 0 aliphatic carbocycles. The Labute approximate surface area is 44.5 Å². The molecule has 0 amide bonds. The van der Waals surface area contributed by atoms with Gasteiger partial charge in [0.05, 0.1) is 0 Å². The molecule has 0 rings (SSSR count). The van der Waals surface area contributed by atoms with Gasteiger partial charge in [-0.1, -0.05) is 0 Å². The molecular weight excluding hydrogens is 167 g/mol. The van der Waals surface area contributed by atoms with Crippen molar-refractivity contribution in [2.75, 3.05) is 0 Å². The molecule has 0 saturated carbocycles. The van der Waals surface area contributed by atoms with Gasteiger partial charge in [-0.05, 0) is 0 Å². The summed E-state index contributed by atoms with van der Waals surface area (Å²) < 4.78 is 0. The predicted molar refractivity (Wildman–Crippen MR) is 28.7 cm³/mol. The molecule has 0 aromatic rings. The molecule has 0 spiro atoms. The van der Waals surface area contributed by atoms with E-state index >= 15 is 0 Å². The first-order valence-corrected chi connectivity index (χ1v) is 7.21. The first-order chi connectivity index (χ1) is 2.41. The van der Waals surface area contributed by atoms with E-state index in [1.165, 1.54) is 0 Å². The molecule has 0 unspecified atom stereocenters. The van der Waals surface area contributed by atoms with Crippen LogP contribution in [-0.4, -0.2) is 21.1 Å². The number of hydrogen-bond donors (Lipinski definition) is 0. The normalized spacial score (nSPS) is 4.40. The van der Waals surface area contributed by atoms with Crippen LogP contribution in [0.4, 0.5) is 0 Å². The SMILES string of the molecule is C=C.[CH3][Sn][CH3]. The van der Waals surface area contributed by atoms with Crippen LogP contribution in [0.1, 0.15) is 0 Å². The second-order valence-electron chi connectivity index (χ2n) is 0.500. The Hall–Kier alpha value is 0.539. The van der Waals surface area contributed by atoms with Crippen LogP contribution in [0.3, 0.4) is 0 Å². The molecule has 1 heteroatoms. The summed E-state index contributed by atoms with van der Waals surface area (Å²) in [6, 6.07) is 0. The summed E-state index contributed by atoms with van der Waals surface area (Å²) in [5.41, 5.74) is 0. The van der Waals surface area contributed by atoms with Crippen molar-refractivity contribution in [2.45, 2.75) is 9.88 Å². The van der Waals surface area contributed by atoms with E-state index in [4.69, 9.17) is 0 Å². The van der Waals surface area contributed by atoms with E-state index in [0.29, 0.717) is 0 Å². The molecule has 30 valence electrons. The van der Waals surface area contributed by atoms with Gasteiger partial charge in [0.15, 0.2) is 0 Å². The van der Waals surface area contributed by atoms with Gasteiger partial charge >= 0.3 is 31.0 Å². The van der Waals surface area contributed by atoms with Gasteiger partial charge in [-0.2, -0.15) is 0 Å². The predicted octanol–water partition coefficient (Wildman–Crippen LogP) is 1.59. The molecule has 0 bridgehead atoms. The zero-order chi connectivity index (χ0) is 4.71. The Morgan fingerprint density at radius 1 is 1.20 bits per heavy atom. The Balaban J connectivity index is 0. The Kier molecular flexibility index (Phi) is 43.7. The van der Waals surface area contributed by atoms with Gasteiger partial charge in [0.25, 0.3) is 0 Å². The van der Waals surface area contributed by atoms with Gasteiger partial charge in [-0.15, -0.1) is 13.2 Å². The summed E-state index contributed by atoms with van der Waals surface area (Å²) in [7, 11) is 0. The topological polar surface area (TPSA) is 0 Å². The summed E-state index contributed by atoms with van der Waals surface area (Å²) >= 11 is 0.230. The van der Waals surface area contributed by atoms with Crippen molar-refractivity contribution < 1.29 is 0 Å². The molecule has 0 heterocycles. The number of rotatable bonds is 0. The molecule has 0 nitrogen and oxygen atoms in total. The van der Waals surface area contributed by atoms with E-state index in [2.05, 4.69) is 23.0 Å². The fourth-order valence-electron chi connectivity index (χ4n) is 0. The molecular formula is C4H10Sn. The van der Waals surface area contributed by atoms with Crippen LogP contribution in [0.25, 0.3) is 0 Å². The van der Waals surface area contributed by atoms with E-state index in [1.54, 1.807) is 0 Å². The van der Waals surface area contributed by atoms with Crippen LogP contribution in [-0.2, 0) is 0 Å². The molecule has 0 saturated heterocycles. The van der Waals surface area contributed by atoms with Gasteiger partial charge in [0.1, 0.15) is 0 Å². The summed E-state index contributed by atoms with van der Waals surface area (Å²) in [6.07, 6.45) is 0. The monoisotopic (exact) mass is 178 g/mol. The first-order valence-electron chi connectivity index (χ1n) is 1.50. The van der Waals surface area contributed by atoms with Crippen molar-refractivity contribution >= 4 is 21.1 Å². The quantitative estimate of drug-likeness (QED) is 0.389. The van der Waals surface area contributed by atoms with Crippen molar-refractivity contribution in [3.63, 3.8) is 0 Å². The second-order valence-corrected chi connectivity index (χ2v) is 3.35. The Morgan fingerprint density at radius 3 is 1.20 bits per heavy atom. The molecule has 0 fully saturated rings. The van der Waals surface area contributed by atoms with Crippen molar-refractivity contribution in [1.29, 1.82) is 0 Å². The average molecular weight is 177 g/mol. The van der Waals surface area contributed by atoms with Crippen LogP contribution in [0.2, 0.25) is 9.88 Å². The van der Waals surface area contributed by atoms with Crippen molar-refractivity contribution in [2.24, 2.45) is 0 Å². The molecule has 0 N–H and O–H groups in total. The molecule has 2 radical (unpaired) electrons. The number of hydrogen-bond acceptors (Lipinski definition) is 0. The van der Waals surface area contributed by atoms with Crippen LogP contribution in [0, 0.1) is 0 Å². The van der Waals surface area contributed by atoms with Crippen molar-refractivity contribution in [3.05, 3.63) is 13.2 Å². The Morgan fingerprint density at radius 2 is 1.20 bits per heavy atom. The summed E-state index contributed by atoms with van der Waals surface area (Å²) in [4.78, 5) is 4.59. The summed E-state index contributed by atoms with van der Waals surface area (Å²) in [5, 5.41) is 0. The molecule has 0 aromatic carbocycles. The molecule has 0 aliphatic heterocycles. The fraction of sp³-hybridized carbons (Fsp3) is 0.500. The zero-order valence-corrected chi connectivity index (χ0v) is 6.77. The third-order valence-corrected chi connectivity index (χ3v) is 0. The van der Waals surface area contributed by atoms with Gasteiger partial charge in [0.2, 0.25) is 0 Å². The fourth-order valence-corrected chi connectivity index (χ4v) is 0. The zero-order valence-electron chi connectivity index (χ0n) is 3.91. The summed E-state index contributed by atoms with van der Waals surface area (Å²) in [6.45, 7) is 6.00. The molecule has 0 aliphatic rings. The van der Waals surface area contributed by atoms with Crippen LogP contribution >= 0.6 is 0 Å². The van der Waals surface area contributed by atoms with Gasteiger partial charge < -0.3 is 0 Å². The standard InChI is InChI=1S/C2H4.2CH3.Sn/c1-2;;;/h1-2H2;2*1H3;. The maximum atomic E-state index is 3.00. The van der Waals surface area contributed by atoms with E-state index in [9.17, 15) is 0 Å². The first kappa shape index (κ1) is 9.11. The van der Waals surface area contributed by atoms with Gasteiger partial charge in [0, 0.05) is 0 Å². The van der Waals surface area contributed by atoms with Gasteiger partial charge in [-0.25, -0.2) is 0 Å². The van der Waals surface area contributed by atoms with E-state index < -0.39 is 0 Å². The third kappa shape index (κ3) is 101. The Bertz CT molecular complexity index is 7.61. The van der Waals surface area contributed by atoms with Crippen molar-refractivity contribution in [1.82, 2.24) is 0 Å². The molecule has 5 heavy (non-hydrogen) atoms. The minimum absolute atomic E-state index is 0.230. The second kappa shape index (κ2) is 24.0. The average Bonchev–Trinajstić information content (AvgIpc) is 1.46. The minimum atomic E-state index is 0.230. The van der Waals surface area contributed by atoms with E-state index in [0.717, 1.165) is 0 Å². The molecule has 0 aromatic heterocycles.